The van der Waals surface area contributed by atoms with Crippen molar-refractivity contribution in [3.05, 3.63) is 12.2 Å². The molecule has 3 atom stereocenters. The van der Waals surface area contributed by atoms with Gasteiger partial charge in [0.15, 0.2) is 0 Å². The fraction of sp³-hybridized carbons (Fsp3) is 0.818. The lowest BCUT2D eigenvalue weighted by Gasteiger charge is -2.37. The normalized spacial score (nSPS) is 44.0. The molecule has 2 nitrogen and oxygen atoms in total. The van der Waals surface area contributed by atoms with E-state index in [9.17, 15) is 0 Å². The minimum Gasteiger partial charge on any atom is -0.251 e. The Morgan fingerprint density at radius 3 is 1.92 bits per heavy atom. The van der Waals surface area contributed by atoms with Crippen LogP contribution < -0.4 is 0 Å². The maximum absolute atomic E-state index is 9.01. The minimum atomic E-state index is -0.605. The first-order valence-corrected chi connectivity index (χ1v) is 4.81. The number of hydrogen-bond donors (Lipinski definition) is 1. The van der Waals surface area contributed by atoms with E-state index < -0.39 is 5.60 Å². The lowest BCUT2D eigenvalue weighted by atomic mass is 9.73. The second-order valence-corrected chi connectivity index (χ2v) is 4.95. The van der Waals surface area contributed by atoms with Gasteiger partial charge in [-0.05, 0) is 24.3 Å². The van der Waals surface area contributed by atoms with Crippen LogP contribution in [0, 0.1) is 17.3 Å². The van der Waals surface area contributed by atoms with E-state index in [0.29, 0.717) is 11.8 Å². The van der Waals surface area contributed by atoms with E-state index in [4.69, 9.17) is 5.26 Å². The van der Waals surface area contributed by atoms with Crippen LogP contribution in [0.25, 0.3) is 0 Å². The lowest BCUT2D eigenvalue weighted by Crippen LogP contribution is -2.42. The third-order valence-electron chi connectivity index (χ3n) is 4.46. The van der Waals surface area contributed by atoms with Gasteiger partial charge in [-0.3, -0.25) is 5.26 Å². The molecule has 2 heteroatoms. The van der Waals surface area contributed by atoms with Gasteiger partial charge in [-0.15, -0.1) is 0 Å². The minimum absolute atomic E-state index is 0.0712. The first-order valence-electron chi connectivity index (χ1n) is 4.81. The zero-order valence-electron chi connectivity index (χ0n) is 9.22. The molecule has 0 radical (unpaired) electrons. The molecule has 0 aromatic heterocycles. The van der Waals surface area contributed by atoms with Crippen molar-refractivity contribution in [1.82, 2.24) is 0 Å². The summed E-state index contributed by atoms with van der Waals surface area (Å²) >= 11 is 0. The van der Waals surface area contributed by atoms with Gasteiger partial charge in [-0.1, -0.05) is 34.3 Å². The highest BCUT2D eigenvalue weighted by atomic mass is 17.1. The monoisotopic (exact) mass is 184 g/mol. The summed E-state index contributed by atoms with van der Waals surface area (Å²) in [7, 11) is 0. The summed E-state index contributed by atoms with van der Waals surface area (Å²) in [5.41, 5.74) is 0.317. The molecule has 0 aromatic rings. The van der Waals surface area contributed by atoms with Crippen LogP contribution in [-0.2, 0) is 4.89 Å². The van der Waals surface area contributed by atoms with E-state index >= 15 is 0 Å². The molecule has 0 aromatic carbocycles. The van der Waals surface area contributed by atoms with Gasteiger partial charge in [-0.2, -0.15) is 0 Å². The average Bonchev–Trinajstić information content (AvgIpc) is 2.20. The molecule has 76 valence electrons. The second-order valence-electron chi connectivity index (χ2n) is 4.95. The zero-order chi connectivity index (χ0) is 10.4. The predicted octanol–water partition coefficient (Wildman–Crippen LogP) is 3.10. The SMILES string of the molecule is C=C1C(C)C(C)C(C)(C)C1(C)OO. The van der Waals surface area contributed by atoms with Gasteiger partial charge in [0.1, 0.15) is 5.60 Å². The highest BCUT2D eigenvalue weighted by Crippen LogP contribution is 2.56. The molecule has 1 aliphatic rings. The van der Waals surface area contributed by atoms with Crippen LogP contribution >= 0.6 is 0 Å². The Morgan fingerprint density at radius 2 is 1.77 bits per heavy atom. The Kier molecular flexibility index (Phi) is 2.33. The summed E-state index contributed by atoms with van der Waals surface area (Å²) in [6.45, 7) is 14.5. The summed E-state index contributed by atoms with van der Waals surface area (Å²) in [4.78, 5) is 4.67. The molecule has 1 fully saturated rings. The molecule has 1 N–H and O–H groups in total. The third kappa shape index (κ3) is 1.09. The van der Waals surface area contributed by atoms with Crippen molar-refractivity contribution in [2.75, 3.05) is 0 Å². The first-order chi connectivity index (χ1) is 5.79. The molecular formula is C11H20O2. The maximum atomic E-state index is 9.01. The Morgan fingerprint density at radius 1 is 1.31 bits per heavy atom. The Balaban J connectivity index is 3.17. The third-order valence-corrected chi connectivity index (χ3v) is 4.46. The fourth-order valence-corrected chi connectivity index (χ4v) is 2.39. The van der Waals surface area contributed by atoms with Gasteiger partial charge in [-0.25, -0.2) is 4.89 Å². The number of rotatable bonds is 1. The summed E-state index contributed by atoms with van der Waals surface area (Å²) < 4.78 is 0. The van der Waals surface area contributed by atoms with E-state index in [1.54, 1.807) is 0 Å². The second kappa shape index (κ2) is 2.82. The van der Waals surface area contributed by atoms with Gasteiger partial charge in [0.05, 0.1) is 0 Å². The highest BCUT2D eigenvalue weighted by molar-refractivity contribution is 5.27. The van der Waals surface area contributed by atoms with Crippen LogP contribution in [0.1, 0.15) is 34.6 Å². The molecule has 0 bridgehead atoms. The van der Waals surface area contributed by atoms with Gasteiger partial charge in [0, 0.05) is 5.41 Å². The van der Waals surface area contributed by atoms with E-state index in [1.165, 1.54) is 0 Å². The van der Waals surface area contributed by atoms with Crippen molar-refractivity contribution < 1.29 is 10.1 Å². The van der Waals surface area contributed by atoms with Crippen molar-refractivity contribution in [3.63, 3.8) is 0 Å². The molecule has 1 saturated carbocycles. The molecule has 13 heavy (non-hydrogen) atoms. The first kappa shape index (κ1) is 10.7. The average molecular weight is 184 g/mol. The van der Waals surface area contributed by atoms with E-state index in [-0.39, 0.29) is 5.41 Å². The van der Waals surface area contributed by atoms with Crippen LogP contribution in [0.4, 0.5) is 0 Å². The molecular weight excluding hydrogens is 164 g/mol. The van der Waals surface area contributed by atoms with Crippen molar-refractivity contribution >= 4 is 0 Å². The largest absolute Gasteiger partial charge is 0.251 e. The predicted molar refractivity (Wildman–Crippen MR) is 53.4 cm³/mol. The molecule has 3 unspecified atom stereocenters. The topological polar surface area (TPSA) is 29.5 Å². The van der Waals surface area contributed by atoms with Crippen LogP contribution in [0.15, 0.2) is 12.2 Å². The van der Waals surface area contributed by atoms with Crippen molar-refractivity contribution in [1.29, 1.82) is 0 Å². The quantitative estimate of drug-likeness (QED) is 0.385. The van der Waals surface area contributed by atoms with Gasteiger partial charge >= 0.3 is 0 Å². The molecule has 0 aliphatic heterocycles. The van der Waals surface area contributed by atoms with E-state index in [1.807, 2.05) is 6.92 Å². The molecule has 0 saturated heterocycles. The lowest BCUT2D eigenvalue weighted by molar-refractivity contribution is -0.329. The fourth-order valence-electron chi connectivity index (χ4n) is 2.39. The van der Waals surface area contributed by atoms with E-state index in [0.717, 1.165) is 5.57 Å². The van der Waals surface area contributed by atoms with E-state index in [2.05, 4.69) is 39.2 Å². The molecule has 0 amide bonds. The van der Waals surface area contributed by atoms with Crippen LogP contribution in [0.2, 0.25) is 0 Å². The summed E-state index contributed by atoms with van der Waals surface area (Å²) in [6.07, 6.45) is 0. The molecule has 0 spiro atoms. The van der Waals surface area contributed by atoms with Crippen molar-refractivity contribution in [3.8, 4) is 0 Å². The highest BCUT2D eigenvalue weighted by Gasteiger charge is 2.57. The Labute approximate surface area is 80.5 Å². The molecule has 0 heterocycles. The van der Waals surface area contributed by atoms with Crippen molar-refractivity contribution in [2.24, 2.45) is 17.3 Å². The summed E-state index contributed by atoms with van der Waals surface area (Å²) in [5, 5.41) is 9.01. The summed E-state index contributed by atoms with van der Waals surface area (Å²) in [6, 6.07) is 0. The maximum Gasteiger partial charge on any atom is 0.127 e. The van der Waals surface area contributed by atoms with Crippen LogP contribution in [-0.4, -0.2) is 10.9 Å². The smallest absolute Gasteiger partial charge is 0.127 e. The molecule has 1 aliphatic carbocycles. The van der Waals surface area contributed by atoms with Crippen LogP contribution in [0.5, 0.6) is 0 Å². The van der Waals surface area contributed by atoms with Crippen molar-refractivity contribution in [2.45, 2.75) is 40.2 Å². The van der Waals surface area contributed by atoms with Gasteiger partial charge < -0.3 is 0 Å². The molecule has 1 rings (SSSR count). The van der Waals surface area contributed by atoms with Gasteiger partial charge in [0.25, 0.3) is 0 Å². The Hall–Kier alpha value is -0.340. The zero-order valence-corrected chi connectivity index (χ0v) is 9.22. The van der Waals surface area contributed by atoms with Gasteiger partial charge in [0.2, 0.25) is 0 Å². The Bertz CT molecular complexity index is 232. The van der Waals surface area contributed by atoms with Crippen LogP contribution in [0.3, 0.4) is 0 Å². The number of hydrogen-bond acceptors (Lipinski definition) is 2. The standard InChI is InChI=1S/C11H20O2/c1-7-8(2)10(4,5)11(6,13-12)9(7)3/h7-8,12H,3H2,1-2,4-6H3. The summed E-state index contributed by atoms with van der Waals surface area (Å²) in [5.74, 6) is 0.865.